The Balaban J connectivity index is 2.46. The Labute approximate surface area is 148 Å². The van der Waals surface area contributed by atoms with E-state index >= 15 is 0 Å². The molecule has 0 amide bonds. The second-order valence-electron chi connectivity index (χ2n) is 4.40. The highest BCUT2D eigenvalue weighted by atomic mass is 127. The molecule has 0 atom stereocenters. The average molecular weight is 513 g/mol. The lowest BCUT2D eigenvalue weighted by molar-refractivity contribution is -0.143. The number of benzene rings is 1. The van der Waals surface area contributed by atoms with Crippen LogP contribution in [0.25, 0.3) is 10.9 Å². The Morgan fingerprint density at radius 2 is 2.05 bits per heavy atom. The molecule has 21 heavy (non-hydrogen) atoms. The van der Waals surface area contributed by atoms with E-state index in [-0.39, 0.29) is 18.1 Å². The zero-order valence-corrected chi connectivity index (χ0v) is 15.5. The van der Waals surface area contributed by atoms with Crippen molar-refractivity contribution in [3.63, 3.8) is 0 Å². The molecule has 0 saturated heterocycles. The molecule has 2 rings (SSSR count). The number of hydrogen-bond donors (Lipinski definition) is 2. The van der Waals surface area contributed by atoms with Gasteiger partial charge in [-0.2, -0.15) is 0 Å². The summed E-state index contributed by atoms with van der Waals surface area (Å²) in [5.41, 5.74) is 1.59. The second kappa shape index (κ2) is 6.95. The van der Waals surface area contributed by atoms with Crippen molar-refractivity contribution in [3.8, 4) is 0 Å². The summed E-state index contributed by atoms with van der Waals surface area (Å²) in [5.74, 6) is -1.33. The van der Waals surface area contributed by atoms with Crippen molar-refractivity contribution in [2.45, 2.75) is 19.8 Å². The van der Waals surface area contributed by atoms with Gasteiger partial charge in [-0.25, -0.2) is 4.79 Å². The summed E-state index contributed by atoms with van der Waals surface area (Å²) in [7, 11) is 0. The zero-order chi connectivity index (χ0) is 15.6. The molecular formula is C14H13I2NO4. The van der Waals surface area contributed by atoms with Crippen LogP contribution in [0.4, 0.5) is 0 Å². The predicted molar refractivity (Wildman–Crippen MR) is 95.6 cm³/mol. The molecule has 1 heterocycles. The third kappa shape index (κ3) is 3.68. The maximum absolute atomic E-state index is 11.5. The number of H-pyrrole nitrogens is 1. The SMILES string of the molecule is CCOC(=O)CCc1c(C(=O)O)[nH]c2cc(I)cc(I)c12. The van der Waals surface area contributed by atoms with E-state index in [1.54, 1.807) is 6.92 Å². The van der Waals surface area contributed by atoms with E-state index in [0.717, 1.165) is 18.0 Å². The normalized spacial score (nSPS) is 10.8. The van der Waals surface area contributed by atoms with Gasteiger partial charge in [-0.05, 0) is 76.2 Å². The van der Waals surface area contributed by atoms with Gasteiger partial charge in [-0.1, -0.05) is 0 Å². The number of hydrogen-bond acceptors (Lipinski definition) is 3. The Kier molecular flexibility index (Phi) is 5.47. The fourth-order valence-corrected chi connectivity index (χ4v) is 4.38. The number of fused-ring (bicyclic) bond motifs is 1. The van der Waals surface area contributed by atoms with Gasteiger partial charge in [0.25, 0.3) is 0 Å². The first-order chi connectivity index (χ1) is 9.93. The molecule has 0 fully saturated rings. The number of aromatic carboxylic acids is 1. The van der Waals surface area contributed by atoms with Crippen molar-refractivity contribution < 1.29 is 19.4 Å². The molecule has 0 bridgehead atoms. The number of ether oxygens (including phenoxy) is 1. The van der Waals surface area contributed by atoms with Gasteiger partial charge >= 0.3 is 11.9 Å². The number of carboxylic acid groups (broad SMARTS) is 1. The van der Waals surface area contributed by atoms with E-state index in [4.69, 9.17) is 4.74 Å². The van der Waals surface area contributed by atoms with Crippen LogP contribution < -0.4 is 0 Å². The highest BCUT2D eigenvalue weighted by molar-refractivity contribution is 14.1. The number of aromatic nitrogens is 1. The number of esters is 1. The van der Waals surface area contributed by atoms with E-state index in [1.807, 2.05) is 12.1 Å². The molecule has 112 valence electrons. The number of halogens is 2. The molecule has 1 aromatic carbocycles. The van der Waals surface area contributed by atoms with Gasteiger partial charge in [0.15, 0.2) is 0 Å². The number of aryl methyl sites for hydroxylation is 1. The summed E-state index contributed by atoms with van der Waals surface area (Å²) in [6.45, 7) is 2.07. The van der Waals surface area contributed by atoms with Crippen LogP contribution in [-0.2, 0) is 16.0 Å². The minimum Gasteiger partial charge on any atom is -0.477 e. The summed E-state index contributed by atoms with van der Waals surface area (Å²) >= 11 is 4.37. The molecule has 5 nitrogen and oxygen atoms in total. The van der Waals surface area contributed by atoms with Crippen LogP contribution >= 0.6 is 45.2 Å². The third-order valence-corrected chi connectivity index (χ3v) is 4.49. The lowest BCUT2D eigenvalue weighted by atomic mass is 10.1. The Morgan fingerprint density at radius 3 is 2.67 bits per heavy atom. The minimum absolute atomic E-state index is 0.147. The quantitative estimate of drug-likeness (QED) is 0.474. The number of aromatic amines is 1. The van der Waals surface area contributed by atoms with E-state index in [0.29, 0.717) is 18.6 Å². The summed E-state index contributed by atoms with van der Waals surface area (Å²) in [5, 5.41) is 10.2. The van der Waals surface area contributed by atoms with Crippen molar-refractivity contribution in [1.29, 1.82) is 0 Å². The van der Waals surface area contributed by atoms with E-state index in [9.17, 15) is 14.7 Å². The fraction of sp³-hybridized carbons (Fsp3) is 0.286. The standard InChI is InChI=1S/C14H13I2NO4/c1-2-21-11(18)4-3-8-12-9(16)5-7(15)6-10(12)17-13(8)14(19)20/h5-6,17H,2-4H2,1H3,(H,19,20). The van der Waals surface area contributed by atoms with Gasteiger partial charge in [-0.15, -0.1) is 0 Å². The molecule has 2 N–H and O–H groups in total. The van der Waals surface area contributed by atoms with Gasteiger partial charge in [-0.3, -0.25) is 4.79 Å². The number of carboxylic acids is 1. The molecule has 0 radical (unpaired) electrons. The van der Waals surface area contributed by atoms with Gasteiger partial charge in [0.1, 0.15) is 5.69 Å². The smallest absolute Gasteiger partial charge is 0.352 e. The third-order valence-electron chi connectivity index (χ3n) is 3.02. The highest BCUT2D eigenvalue weighted by Gasteiger charge is 2.20. The maximum Gasteiger partial charge on any atom is 0.352 e. The Hall–Kier alpha value is -0.840. The van der Waals surface area contributed by atoms with Crippen LogP contribution in [0.3, 0.4) is 0 Å². The van der Waals surface area contributed by atoms with Crippen molar-refractivity contribution in [3.05, 3.63) is 30.5 Å². The first-order valence-electron chi connectivity index (χ1n) is 6.32. The molecule has 2 aromatic rings. The van der Waals surface area contributed by atoms with E-state index in [2.05, 4.69) is 50.2 Å². The maximum atomic E-state index is 11.5. The molecular weight excluding hydrogens is 500 g/mol. The average Bonchev–Trinajstić information content (AvgIpc) is 2.75. The summed E-state index contributed by atoms with van der Waals surface area (Å²) in [4.78, 5) is 25.9. The molecule has 0 aliphatic rings. The highest BCUT2D eigenvalue weighted by Crippen LogP contribution is 2.30. The topological polar surface area (TPSA) is 79.4 Å². The molecule has 0 saturated carbocycles. The number of carbonyl (C=O) groups excluding carboxylic acids is 1. The zero-order valence-electron chi connectivity index (χ0n) is 11.2. The monoisotopic (exact) mass is 513 g/mol. The molecule has 0 aliphatic carbocycles. The minimum atomic E-state index is -1.02. The first kappa shape index (κ1) is 16.5. The number of carbonyl (C=O) groups is 2. The molecule has 1 aromatic heterocycles. The summed E-state index contributed by atoms with van der Waals surface area (Å²) in [6.07, 6.45) is 0.514. The van der Waals surface area contributed by atoms with Crippen molar-refractivity contribution in [1.82, 2.24) is 4.98 Å². The number of rotatable bonds is 5. The van der Waals surface area contributed by atoms with Crippen LogP contribution in [-0.4, -0.2) is 28.6 Å². The number of nitrogens with one attached hydrogen (secondary N) is 1. The van der Waals surface area contributed by atoms with Crippen molar-refractivity contribution in [2.24, 2.45) is 0 Å². The predicted octanol–water partition coefficient (Wildman–Crippen LogP) is 3.57. The lowest BCUT2D eigenvalue weighted by Gasteiger charge is -2.04. The van der Waals surface area contributed by atoms with E-state index in [1.165, 1.54) is 0 Å². The van der Waals surface area contributed by atoms with Crippen molar-refractivity contribution in [2.75, 3.05) is 6.61 Å². The molecule has 0 unspecified atom stereocenters. The van der Waals surface area contributed by atoms with Gasteiger partial charge < -0.3 is 14.8 Å². The Morgan fingerprint density at radius 1 is 1.33 bits per heavy atom. The Bertz CT molecular complexity index is 709. The van der Waals surface area contributed by atoms with Gasteiger partial charge in [0, 0.05) is 24.5 Å². The molecule has 0 aliphatic heterocycles. The summed E-state index contributed by atoms with van der Waals surface area (Å²) in [6, 6.07) is 3.88. The van der Waals surface area contributed by atoms with Gasteiger partial charge in [0.2, 0.25) is 0 Å². The van der Waals surface area contributed by atoms with Crippen LogP contribution in [0.1, 0.15) is 29.4 Å². The van der Waals surface area contributed by atoms with Crippen LogP contribution in [0.2, 0.25) is 0 Å². The second-order valence-corrected chi connectivity index (χ2v) is 6.81. The van der Waals surface area contributed by atoms with Gasteiger partial charge in [0.05, 0.1) is 6.61 Å². The fourth-order valence-electron chi connectivity index (χ4n) is 2.21. The lowest BCUT2D eigenvalue weighted by Crippen LogP contribution is -2.07. The van der Waals surface area contributed by atoms with Crippen molar-refractivity contribution >= 4 is 68.0 Å². The van der Waals surface area contributed by atoms with E-state index < -0.39 is 5.97 Å². The first-order valence-corrected chi connectivity index (χ1v) is 8.48. The molecule has 0 spiro atoms. The van der Waals surface area contributed by atoms with Crippen LogP contribution in [0.15, 0.2) is 12.1 Å². The van der Waals surface area contributed by atoms with Crippen LogP contribution in [0.5, 0.6) is 0 Å². The van der Waals surface area contributed by atoms with Crippen LogP contribution in [0, 0.1) is 7.14 Å². The largest absolute Gasteiger partial charge is 0.477 e. The summed E-state index contributed by atoms with van der Waals surface area (Å²) < 4.78 is 6.90. The molecule has 7 heteroatoms.